The summed E-state index contributed by atoms with van der Waals surface area (Å²) in [6, 6.07) is 20.0. The molecule has 3 aromatic rings. The lowest BCUT2D eigenvalue weighted by molar-refractivity contribution is 0.0759. The number of hydrogen-bond acceptors (Lipinski definition) is 3. The number of rotatable bonds is 6. The van der Waals surface area contributed by atoms with Crippen molar-refractivity contribution in [3.05, 3.63) is 106 Å². The largest absolute Gasteiger partial charge is 0.350 e. The van der Waals surface area contributed by atoms with Gasteiger partial charge in [0.1, 0.15) is 11.1 Å². The van der Waals surface area contributed by atoms with Gasteiger partial charge in [-0.1, -0.05) is 60.7 Å². The molecule has 0 bridgehead atoms. The topological polar surface area (TPSA) is 71.4 Å². The van der Waals surface area contributed by atoms with Crippen LogP contribution in [0.5, 0.6) is 0 Å². The molecule has 2 heterocycles. The van der Waals surface area contributed by atoms with Crippen LogP contribution in [0.2, 0.25) is 0 Å². The fourth-order valence-corrected chi connectivity index (χ4v) is 4.70. The Balaban J connectivity index is 1.62. The SMILES string of the molecule is CC(C)NC(=O)c1cn(Cc2ccccc2)cc(C(=O)N2CCCC(c3ccccc3)CC2)c1=O. The number of likely N-dealkylation sites (tertiary alicyclic amines) is 1. The fraction of sp³-hybridized carbons (Fsp3) is 0.345. The van der Waals surface area contributed by atoms with E-state index in [1.807, 2.05) is 62.4 Å². The molecule has 182 valence electrons. The Hall–Kier alpha value is -3.67. The van der Waals surface area contributed by atoms with Crippen LogP contribution in [0.25, 0.3) is 0 Å². The number of carbonyl (C=O) groups excluding carboxylic acids is 2. The van der Waals surface area contributed by atoms with Crippen LogP contribution in [0, 0.1) is 0 Å². The van der Waals surface area contributed by atoms with Crippen molar-refractivity contribution >= 4 is 11.8 Å². The van der Waals surface area contributed by atoms with Crippen LogP contribution in [0.1, 0.15) is 70.9 Å². The van der Waals surface area contributed by atoms with Crippen molar-refractivity contribution in [1.82, 2.24) is 14.8 Å². The van der Waals surface area contributed by atoms with Gasteiger partial charge in [0, 0.05) is 38.1 Å². The molecule has 2 amide bonds. The third kappa shape index (κ3) is 6.07. The first kappa shape index (κ1) is 24.5. The van der Waals surface area contributed by atoms with E-state index in [2.05, 4.69) is 17.4 Å². The summed E-state index contributed by atoms with van der Waals surface area (Å²) < 4.78 is 1.77. The van der Waals surface area contributed by atoms with Crippen LogP contribution in [-0.4, -0.2) is 40.4 Å². The van der Waals surface area contributed by atoms with Crippen molar-refractivity contribution in [1.29, 1.82) is 0 Å². The number of benzene rings is 2. The number of nitrogens with one attached hydrogen (secondary N) is 1. The van der Waals surface area contributed by atoms with Crippen molar-refractivity contribution in [3.63, 3.8) is 0 Å². The minimum absolute atomic E-state index is 0.00235. The molecule has 6 nitrogen and oxygen atoms in total. The van der Waals surface area contributed by atoms with Gasteiger partial charge in [-0.25, -0.2) is 0 Å². The van der Waals surface area contributed by atoms with E-state index in [1.165, 1.54) is 5.56 Å². The smallest absolute Gasteiger partial charge is 0.259 e. The fourth-order valence-electron chi connectivity index (χ4n) is 4.70. The lowest BCUT2D eigenvalue weighted by Crippen LogP contribution is -2.39. The van der Waals surface area contributed by atoms with Gasteiger partial charge in [-0.2, -0.15) is 0 Å². The minimum atomic E-state index is -0.513. The molecule has 1 aliphatic heterocycles. The Morgan fingerprint density at radius 1 is 0.914 bits per heavy atom. The van der Waals surface area contributed by atoms with Crippen molar-refractivity contribution < 1.29 is 9.59 Å². The summed E-state index contributed by atoms with van der Waals surface area (Å²) in [6.07, 6.45) is 5.88. The van der Waals surface area contributed by atoms with Crippen molar-refractivity contribution in [2.24, 2.45) is 0 Å². The molecule has 0 spiro atoms. The van der Waals surface area contributed by atoms with E-state index in [4.69, 9.17) is 0 Å². The molecule has 0 radical (unpaired) electrons. The average molecular weight is 472 g/mol. The molecule has 1 aromatic heterocycles. The molecule has 1 unspecified atom stereocenters. The zero-order valence-corrected chi connectivity index (χ0v) is 20.4. The van der Waals surface area contributed by atoms with Gasteiger partial charge < -0.3 is 14.8 Å². The number of amides is 2. The van der Waals surface area contributed by atoms with Crippen LogP contribution < -0.4 is 10.7 Å². The Morgan fingerprint density at radius 2 is 1.57 bits per heavy atom. The second-order valence-corrected chi connectivity index (χ2v) is 9.53. The molecule has 1 atom stereocenters. The molecule has 1 N–H and O–H groups in total. The lowest BCUT2D eigenvalue weighted by Gasteiger charge is -2.22. The summed E-state index contributed by atoms with van der Waals surface area (Å²) in [4.78, 5) is 41.5. The Kier molecular flexibility index (Phi) is 7.80. The van der Waals surface area contributed by atoms with Crippen LogP contribution in [0.15, 0.2) is 77.9 Å². The molecule has 0 aliphatic carbocycles. The van der Waals surface area contributed by atoms with Gasteiger partial charge in [-0.3, -0.25) is 14.4 Å². The second kappa shape index (κ2) is 11.2. The zero-order valence-electron chi connectivity index (χ0n) is 20.4. The number of aromatic nitrogens is 1. The minimum Gasteiger partial charge on any atom is -0.350 e. The van der Waals surface area contributed by atoms with Crippen molar-refractivity contribution in [2.45, 2.75) is 51.6 Å². The Labute approximate surface area is 206 Å². The number of nitrogens with zero attached hydrogens (tertiary/aromatic N) is 2. The molecule has 1 fully saturated rings. The van der Waals surface area contributed by atoms with E-state index in [1.54, 1.807) is 21.9 Å². The first-order valence-electron chi connectivity index (χ1n) is 12.4. The highest BCUT2D eigenvalue weighted by Gasteiger charge is 2.26. The highest BCUT2D eigenvalue weighted by molar-refractivity contribution is 5.99. The standard InChI is InChI=1S/C29H33N3O3/c1-21(2)30-28(34)25-19-31(18-22-10-5-3-6-11-22)20-26(27(25)33)29(35)32-16-9-14-24(15-17-32)23-12-7-4-8-13-23/h3-8,10-13,19-21,24H,9,14-18H2,1-2H3,(H,30,34). The maximum absolute atomic E-state index is 13.6. The van der Waals surface area contributed by atoms with E-state index >= 15 is 0 Å². The van der Waals surface area contributed by atoms with E-state index in [-0.39, 0.29) is 23.1 Å². The van der Waals surface area contributed by atoms with Gasteiger partial charge in [0.2, 0.25) is 5.43 Å². The summed E-state index contributed by atoms with van der Waals surface area (Å²) >= 11 is 0. The van der Waals surface area contributed by atoms with E-state index < -0.39 is 11.3 Å². The van der Waals surface area contributed by atoms with Gasteiger partial charge in [0.25, 0.3) is 11.8 Å². The van der Waals surface area contributed by atoms with E-state index in [0.29, 0.717) is 25.6 Å². The number of carbonyl (C=O) groups is 2. The monoisotopic (exact) mass is 471 g/mol. The van der Waals surface area contributed by atoms with Crippen LogP contribution >= 0.6 is 0 Å². The molecule has 6 heteroatoms. The Morgan fingerprint density at radius 3 is 2.26 bits per heavy atom. The van der Waals surface area contributed by atoms with Gasteiger partial charge in [-0.15, -0.1) is 0 Å². The highest BCUT2D eigenvalue weighted by atomic mass is 16.2. The summed E-state index contributed by atoms with van der Waals surface area (Å²) in [5, 5.41) is 2.79. The van der Waals surface area contributed by atoms with E-state index in [9.17, 15) is 14.4 Å². The third-order valence-electron chi connectivity index (χ3n) is 6.47. The summed E-state index contributed by atoms with van der Waals surface area (Å²) in [5.41, 5.74) is 1.85. The molecule has 35 heavy (non-hydrogen) atoms. The number of hydrogen-bond donors (Lipinski definition) is 1. The number of pyridine rings is 1. The van der Waals surface area contributed by atoms with Crippen LogP contribution in [0.3, 0.4) is 0 Å². The molecule has 1 saturated heterocycles. The van der Waals surface area contributed by atoms with Gasteiger partial charge in [-0.05, 0) is 50.2 Å². The molecule has 0 saturated carbocycles. The highest BCUT2D eigenvalue weighted by Crippen LogP contribution is 2.28. The summed E-state index contributed by atoms with van der Waals surface area (Å²) in [6.45, 7) is 5.33. The Bertz CT molecular complexity index is 1220. The summed E-state index contributed by atoms with van der Waals surface area (Å²) in [5.74, 6) is -0.363. The molecule has 4 rings (SSSR count). The average Bonchev–Trinajstić information content (AvgIpc) is 3.12. The van der Waals surface area contributed by atoms with Gasteiger partial charge in [0.15, 0.2) is 0 Å². The second-order valence-electron chi connectivity index (χ2n) is 9.53. The van der Waals surface area contributed by atoms with Gasteiger partial charge >= 0.3 is 0 Å². The third-order valence-corrected chi connectivity index (χ3v) is 6.47. The predicted octanol–water partition coefficient (Wildman–Crippen LogP) is 4.44. The predicted molar refractivity (Wildman–Crippen MR) is 138 cm³/mol. The summed E-state index contributed by atoms with van der Waals surface area (Å²) in [7, 11) is 0. The first-order valence-corrected chi connectivity index (χ1v) is 12.4. The van der Waals surface area contributed by atoms with Gasteiger partial charge in [0.05, 0.1) is 0 Å². The first-order chi connectivity index (χ1) is 16.9. The van der Waals surface area contributed by atoms with E-state index in [0.717, 1.165) is 24.8 Å². The lowest BCUT2D eigenvalue weighted by atomic mass is 9.92. The molecule has 2 aromatic carbocycles. The molecular formula is C29H33N3O3. The maximum atomic E-state index is 13.6. The zero-order chi connectivity index (χ0) is 24.8. The van der Waals surface area contributed by atoms with Crippen molar-refractivity contribution in [2.75, 3.05) is 13.1 Å². The normalized spacial score (nSPS) is 16.1. The van der Waals surface area contributed by atoms with Crippen LogP contribution in [-0.2, 0) is 6.54 Å². The van der Waals surface area contributed by atoms with Crippen LogP contribution in [0.4, 0.5) is 0 Å². The quantitative estimate of drug-likeness (QED) is 0.578. The van der Waals surface area contributed by atoms with Crippen molar-refractivity contribution in [3.8, 4) is 0 Å². The maximum Gasteiger partial charge on any atom is 0.259 e. The molecular weight excluding hydrogens is 438 g/mol. The molecule has 1 aliphatic rings.